The van der Waals surface area contributed by atoms with E-state index in [1.54, 1.807) is 19.3 Å². The van der Waals surface area contributed by atoms with Gasteiger partial charge in [0.05, 0.1) is 52.5 Å². The standard InChI is InChI=1S/C27H27ClF3N5O3/c1-26(30,31)19-4-3-5-21(29)24(19)36-18-9-20(28)22(34-13-18)14-35-25(38)27(6-7-39-15-27)10-23(37)16-8-17(32-2)12-33-11-16/h3-5,8-9,11-13,32,36H,6-7,10,14-15H2,1-2H3,(H,35,38)/t27-/m0/s1. The lowest BCUT2D eigenvalue weighted by Crippen LogP contribution is -2.43. The van der Waals surface area contributed by atoms with E-state index in [4.69, 9.17) is 16.3 Å². The molecule has 0 saturated carbocycles. The topological polar surface area (TPSA) is 105 Å². The van der Waals surface area contributed by atoms with E-state index in [0.29, 0.717) is 36.9 Å². The smallest absolute Gasteiger partial charge is 0.272 e. The molecule has 0 spiro atoms. The number of amides is 1. The van der Waals surface area contributed by atoms with Gasteiger partial charge in [-0.15, -0.1) is 0 Å². The quantitative estimate of drug-likeness (QED) is 0.282. The zero-order valence-electron chi connectivity index (χ0n) is 21.3. The molecule has 1 amide bonds. The van der Waals surface area contributed by atoms with Crippen LogP contribution in [-0.4, -0.2) is 41.9 Å². The van der Waals surface area contributed by atoms with Crippen LogP contribution < -0.4 is 16.0 Å². The summed E-state index contributed by atoms with van der Waals surface area (Å²) in [5.41, 5.74) is -0.407. The number of aromatic nitrogens is 2. The molecule has 0 unspecified atom stereocenters. The minimum absolute atomic E-state index is 0.0529. The van der Waals surface area contributed by atoms with Gasteiger partial charge in [0, 0.05) is 50.5 Å². The van der Waals surface area contributed by atoms with Crippen LogP contribution in [0.4, 0.5) is 30.2 Å². The molecule has 1 saturated heterocycles. The molecule has 0 radical (unpaired) electrons. The van der Waals surface area contributed by atoms with Gasteiger partial charge in [-0.1, -0.05) is 23.7 Å². The molecule has 1 fully saturated rings. The number of anilines is 3. The van der Waals surface area contributed by atoms with Crippen molar-refractivity contribution in [2.75, 3.05) is 30.9 Å². The van der Waals surface area contributed by atoms with Crippen molar-refractivity contribution in [1.29, 1.82) is 0 Å². The summed E-state index contributed by atoms with van der Waals surface area (Å²) in [6, 6.07) is 6.47. The second-order valence-electron chi connectivity index (χ2n) is 9.41. The summed E-state index contributed by atoms with van der Waals surface area (Å²) in [4.78, 5) is 34.5. The van der Waals surface area contributed by atoms with Gasteiger partial charge in [-0.2, -0.15) is 0 Å². The van der Waals surface area contributed by atoms with Gasteiger partial charge in [0.2, 0.25) is 5.91 Å². The SMILES string of the molecule is CNc1cncc(C(=O)C[C@@]2(C(=O)NCc3ncc(Nc4c(F)cccc4C(C)(F)F)cc3Cl)CCOC2)c1. The zero-order chi connectivity index (χ0) is 28.2. The van der Waals surface area contributed by atoms with Crippen molar-refractivity contribution in [3.63, 3.8) is 0 Å². The number of ether oxygens (including phenoxy) is 1. The molecule has 1 aliphatic heterocycles. The van der Waals surface area contributed by atoms with Crippen molar-refractivity contribution < 1.29 is 27.5 Å². The van der Waals surface area contributed by atoms with E-state index in [-0.39, 0.29) is 47.7 Å². The van der Waals surface area contributed by atoms with E-state index in [1.807, 2.05) is 0 Å². The second kappa shape index (κ2) is 11.6. The fourth-order valence-electron chi connectivity index (χ4n) is 4.32. The van der Waals surface area contributed by atoms with E-state index in [9.17, 15) is 22.8 Å². The van der Waals surface area contributed by atoms with Gasteiger partial charge >= 0.3 is 0 Å². The van der Waals surface area contributed by atoms with E-state index < -0.39 is 22.7 Å². The summed E-state index contributed by atoms with van der Waals surface area (Å²) in [7, 11) is 1.72. The Labute approximate surface area is 228 Å². The maximum absolute atomic E-state index is 14.3. The molecule has 4 rings (SSSR count). The highest BCUT2D eigenvalue weighted by Crippen LogP contribution is 2.37. The molecule has 0 bridgehead atoms. The van der Waals surface area contributed by atoms with Crippen molar-refractivity contribution in [3.05, 3.63) is 76.6 Å². The third-order valence-corrected chi connectivity index (χ3v) is 6.85. The number of benzene rings is 1. The zero-order valence-corrected chi connectivity index (χ0v) is 22.0. The lowest BCUT2D eigenvalue weighted by atomic mass is 9.80. The first-order valence-electron chi connectivity index (χ1n) is 12.1. The van der Waals surface area contributed by atoms with Crippen LogP contribution in [0.1, 0.15) is 41.4 Å². The highest BCUT2D eigenvalue weighted by Gasteiger charge is 2.44. The fraction of sp³-hybridized carbons (Fsp3) is 0.333. The summed E-state index contributed by atoms with van der Waals surface area (Å²) in [5, 5.41) is 8.46. The number of carbonyl (C=O) groups excluding carboxylic acids is 2. The maximum atomic E-state index is 14.3. The van der Waals surface area contributed by atoms with Crippen LogP contribution in [0.2, 0.25) is 5.02 Å². The first kappa shape index (κ1) is 28.3. The number of pyridine rings is 2. The number of rotatable bonds is 10. The normalized spacial score (nSPS) is 17.1. The van der Waals surface area contributed by atoms with Crippen LogP contribution >= 0.6 is 11.6 Å². The Morgan fingerprint density at radius 2 is 1.97 bits per heavy atom. The number of carbonyl (C=O) groups is 2. The van der Waals surface area contributed by atoms with Gasteiger partial charge in [0.15, 0.2) is 5.78 Å². The van der Waals surface area contributed by atoms with Crippen molar-refractivity contribution in [2.24, 2.45) is 5.41 Å². The van der Waals surface area contributed by atoms with Crippen molar-refractivity contribution in [3.8, 4) is 0 Å². The third-order valence-electron chi connectivity index (χ3n) is 6.52. The second-order valence-corrected chi connectivity index (χ2v) is 9.81. The van der Waals surface area contributed by atoms with E-state index in [0.717, 1.165) is 12.1 Å². The Hall–Kier alpha value is -3.70. The van der Waals surface area contributed by atoms with Gasteiger partial charge in [0.1, 0.15) is 5.82 Å². The first-order chi connectivity index (χ1) is 18.5. The van der Waals surface area contributed by atoms with Gasteiger partial charge in [-0.25, -0.2) is 13.2 Å². The van der Waals surface area contributed by atoms with Crippen LogP contribution in [0.15, 0.2) is 48.9 Å². The molecule has 39 heavy (non-hydrogen) atoms. The highest BCUT2D eigenvalue weighted by atomic mass is 35.5. The Bertz CT molecular complexity index is 1380. The van der Waals surface area contributed by atoms with Crippen LogP contribution in [0.25, 0.3) is 0 Å². The summed E-state index contributed by atoms with van der Waals surface area (Å²) in [5.74, 6) is -4.75. The van der Waals surface area contributed by atoms with Crippen LogP contribution in [0.5, 0.6) is 0 Å². The largest absolute Gasteiger partial charge is 0.387 e. The molecule has 3 N–H and O–H groups in total. The molecule has 2 aromatic heterocycles. The average Bonchev–Trinajstić information content (AvgIpc) is 3.38. The number of nitrogens with one attached hydrogen (secondary N) is 3. The monoisotopic (exact) mass is 561 g/mol. The van der Waals surface area contributed by atoms with Crippen molar-refractivity contribution in [2.45, 2.75) is 32.2 Å². The summed E-state index contributed by atoms with van der Waals surface area (Å²) < 4.78 is 47.7. The fourth-order valence-corrected chi connectivity index (χ4v) is 4.56. The number of Topliss-reactive ketones (excluding diaryl/α,β-unsaturated/α-hetero) is 1. The van der Waals surface area contributed by atoms with Gasteiger partial charge < -0.3 is 20.7 Å². The maximum Gasteiger partial charge on any atom is 0.272 e. The summed E-state index contributed by atoms with van der Waals surface area (Å²) >= 11 is 6.35. The van der Waals surface area contributed by atoms with Crippen LogP contribution in [-0.2, 0) is 22.0 Å². The minimum Gasteiger partial charge on any atom is -0.387 e. The predicted molar refractivity (Wildman–Crippen MR) is 141 cm³/mol. The summed E-state index contributed by atoms with van der Waals surface area (Å²) in [6.45, 7) is 1.04. The Kier molecular flexibility index (Phi) is 8.41. The molecule has 1 aromatic carbocycles. The molecule has 12 heteroatoms. The van der Waals surface area contributed by atoms with Crippen LogP contribution in [0, 0.1) is 11.2 Å². The third kappa shape index (κ3) is 6.48. The number of para-hydroxylation sites is 1. The number of halogens is 4. The number of alkyl halides is 2. The van der Waals surface area contributed by atoms with Gasteiger partial charge in [-0.3, -0.25) is 19.6 Å². The Balaban J connectivity index is 1.45. The number of hydrogen-bond donors (Lipinski definition) is 3. The van der Waals surface area contributed by atoms with Crippen molar-refractivity contribution >= 4 is 40.4 Å². The van der Waals surface area contributed by atoms with E-state index in [2.05, 4.69) is 25.9 Å². The molecular weight excluding hydrogens is 535 g/mol. The Morgan fingerprint density at radius 1 is 1.18 bits per heavy atom. The van der Waals surface area contributed by atoms with E-state index >= 15 is 0 Å². The van der Waals surface area contributed by atoms with Crippen LogP contribution in [0.3, 0.4) is 0 Å². The molecule has 0 aliphatic carbocycles. The molecule has 1 atom stereocenters. The average molecular weight is 562 g/mol. The molecular formula is C27H27ClF3N5O3. The lowest BCUT2D eigenvalue weighted by Gasteiger charge is -2.25. The molecule has 8 nitrogen and oxygen atoms in total. The minimum atomic E-state index is -3.28. The van der Waals surface area contributed by atoms with Crippen molar-refractivity contribution in [1.82, 2.24) is 15.3 Å². The predicted octanol–water partition coefficient (Wildman–Crippen LogP) is 5.46. The first-order valence-corrected chi connectivity index (χ1v) is 12.5. The molecule has 3 heterocycles. The Morgan fingerprint density at radius 3 is 2.64 bits per heavy atom. The lowest BCUT2D eigenvalue weighted by molar-refractivity contribution is -0.131. The van der Waals surface area contributed by atoms with Gasteiger partial charge in [0.25, 0.3) is 5.92 Å². The summed E-state index contributed by atoms with van der Waals surface area (Å²) in [6.07, 6.45) is 4.64. The molecule has 206 valence electrons. The number of hydrogen-bond acceptors (Lipinski definition) is 7. The molecule has 1 aliphatic rings. The highest BCUT2D eigenvalue weighted by molar-refractivity contribution is 6.31. The van der Waals surface area contributed by atoms with Gasteiger partial charge in [-0.05, 0) is 24.6 Å². The van der Waals surface area contributed by atoms with E-state index in [1.165, 1.54) is 24.5 Å². The molecule has 3 aromatic rings. The number of ketones is 1. The number of nitrogens with zero attached hydrogens (tertiary/aromatic N) is 2.